The standard InChI is InChI=1S/C8H7Cl3N2O2S2/c9-3-1-4-6(2-5(3)16)17(14,15)13-8(12-4)7(10)11/h1-2,7-8,12-13,16H. The quantitative estimate of drug-likeness (QED) is 0.546. The molecule has 17 heavy (non-hydrogen) atoms. The molecule has 0 saturated heterocycles. The van der Waals surface area contributed by atoms with Gasteiger partial charge in [-0.3, -0.25) is 0 Å². The van der Waals surface area contributed by atoms with Crippen LogP contribution in [0, 0.1) is 0 Å². The van der Waals surface area contributed by atoms with E-state index in [2.05, 4.69) is 22.7 Å². The zero-order chi connectivity index (χ0) is 12.8. The van der Waals surface area contributed by atoms with Crippen molar-refractivity contribution in [3.05, 3.63) is 17.2 Å². The van der Waals surface area contributed by atoms with Crippen molar-refractivity contribution in [2.24, 2.45) is 0 Å². The first-order chi connectivity index (χ1) is 7.81. The molecule has 2 N–H and O–H groups in total. The molecular weight excluding hydrogens is 327 g/mol. The van der Waals surface area contributed by atoms with Crippen molar-refractivity contribution in [1.82, 2.24) is 4.72 Å². The smallest absolute Gasteiger partial charge is 0.244 e. The average molecular weight is 334 g/mol. The fraction of sp³-hybridized carbons (Fsp3) is 0.250. The van der Waals surface area contributed by atoms with Gasteiger partial charge in [-0.1, -0.05) is 11.6 Å². The van der Waals surface area contributed by atoms with E-state index in [0.717, 1.165) is 0 Å². The maximum absolute atomic E-state index is 11.9. The van der Waals surface area contributed by atoms with Crippen LogP contribution in [0.5, 0.6) is 0 Å². The van der Waals surface area contributed by atoms with Crippen LogP contribution in [0.2, 0.25) is 5.02 Å². The molecule has 1 aromatic carbocycles. The van der Waals surface area contributed by atoms with Crippen molar-refractivity contribution < 1.29 is 8.42 Å². The number of hydrogen-bond donors (Lipinski definition) is 3. The minimum absolute atomic E-state index is 0.0668. The predicted molar refractivity (Wildman–Crippen MR) is 71.9 cm³/mol. The molecule has 1 aromatic rings. The van der Waals surface area contributed by atoms with Gasteiger partial charge >= 0.3 is 0 Å². The Morgan fingerprint density at radius 3 is 2.59 bits per heavy atom. The molecule has 2 rings (SSSR count). The van der Waals surface area contributed by atoms with Crippen molar-refractivity contribution in [2.75, 3.05) is 5.32 Å². The normalized spacial score (nSPS) is 22.1. The van der Waals surface area contributed by atoms with Gasteiger partial charge in [0, 0.05) is 4.90 Å². The summed E-state index contributed by atoms with van der Waals surface area (Å²) in [5.74, 6) is 0. The van der Waals surface area contributed by atoms with Gasteiger partial charge in [0.2, 0.25) is 10.0 Å². The molecule has 1 aliphatic heterocycles. The Kier molecular flexibility index (Phi) is 3.74. The average Bonchev–Trinajstić information content (AvgIpc) is 2.20. The first-order valence-electron chi connectivity index (χ1n) is 4.41. The van der Waals surface area contributed by atoms with E-state index < -0.39 is 21.0 Å². The van der Waals surface area contributed by atoms with E-state index in [1.807, 2.05) is 0 Å². The lowest BCUT2D eigenvalue weighted by Gasteiger charge is -2.29. The van der Waals surface area contributed by atoms with Crippen LogP contribution >= 0.6 is 47.4 Å². The lowest BCUT2D eigenvalue weighted by molar-refractivity contribution is 0.562. The molecule has 0 aliphatic carbocycles. The molecule has 4 nitrogen and oxygen atoms in total. The second-order valence-electron chi connectivity index (χ2n) is 3.38. The third-order valence-corrected chi connectivity index (χ3v) is 4.98. The van der Waals surface area contributed by atoms with Crippen LogP contribution in [0.15, 0.2) is 21.9 Å². The lowest BCUT2D eigenvalue weighted by Crippen LogP contribution is -2.48. The number of thiol groups is 1. The number of nitrogens with one attached hydrogen (secondary N) is 2. The first-order valence-corrected chi connectivity index (χ1v) is 7.59. The Morgan fingerprint density at radius 1 is 1.35 bits per heavy atom. The van der Waals surface area contributed by atoms with Gasteiger partial charge in [-0.05, 0) is 12.1 Å². The van der Waals surface area contributed by atoms with Gasteiger partial charge in [-0.15, -0.1) is 35.8 Å². The largest absolute Gasteiger partial charge is 0.366 e. The van der Waals surface area contributed by atoms with Crippen LogP contribution in [0.4, 0.5) is 5.69 Å². The van der Waals surface area contributed by atoms with E-state index in [0.29, 0.717) is 15.6 Å². The summed E-state index contributed by atoms with van der Waals surface area (Å²) >= 11 is 21.2. The molecule has 0 radical (unpaired) electrons. The first kappa shape index (κ1) is 13.6. The summed E-state index contributed by atoms with van der Waals surface area (Å²) < 4.78 is 26.1. The van der Waals surface area contributed by atoms with Crippen molar-refractivity contribution in [2.45, 2.75) is 20.8 Å². The third-order valence-electron chi connectivity index (χ3n) is 2.18. The highest BCUT2D eigenvalue weighted by Gasteiger charge is 2.32. The topological polar surface area (TPSA) is 58.2 Å². The number of fused-ring (bicyclic) bond motifs is 1. The van der Waals surface area contributed by atoms with Gasteiger partial charge in [0.15, 0.2) is 0 Å². The van der Waals surface area contributed by atoms with Gasteiger partial charge < -0.3 is 5.32 Å². The molecule has 0 saturated carbocycles. The fourth-order valence-corrected chi connectivity index (χ4v) is 3.60. The molecule has 0 spiro atoms. The molecule has 0 bridgehead atoms. The van der Waals surface area contributed by atoms with Gasteiger partial charge in [0.25, 0.3) is 0 Å². The number of anilines is 1. The summed E-state index contributed by atoms with van der Waals surface area (Å²) in [6.07, 6.45) is -0.794. The summed E-state index contributed by atoms with van der Waals surface area (Å²) in [7, 11) is -3.66. The van der Waals surface area contributed by atoms with Crippen LogP contribution < -0.4 is 10.0 Å². The zero-order valence-electron chi connectivity index (χ0n) is 8.12. The van der Waals surface area contributed by atoms with Crippen molar-refractivity contribution >= 4 is 63.1 Å². The molecule has 1 atom stereocenters. The second-order valence-corrected chi connectivity index (χ2v) is 7.11. The van der Waals surface area contributed by atoms with E-state index in [1.165, 1.54) is 12.1 Å². The summed E-state index contributed by atoms with van der Waals surface area (Å²) in [6, 6.07) is 2.84. The SMILES string of the molecule is O=S1(=O)NC(C(Cl)Cl)Nc2cc(Cl)c(S)cc21. The van der Waals surface area contributed by atoms with Crippen LogP contribution in [-0.4, -0.2) is 19.4 Å². The van der Waals surface area contributed by atoms with E-state index in [-0.39, 0.29) is 4.90 Å². The monoisotopic (exact) mass is 332 g/mol. The maximum atomic E-state index is 11.9. The molecule has 1 aliphatic rings. The number of halogens is 3. The van der Waals surface area contributed by atoms with Crippen LogP contribution in [0.1, 0.15) is 0 Å². The van der Waals surface area contributed by atoms with Crippen LogP contribution in [0.25, 0.3) is 0 Å². The van der Waals surface area contributed by atoms with Gasteiger partial charge in [-0.25, -0.2) is 8.42 Å². The highest BCUT2D eigenvalue weighted by molar-refractivity contribution is 7.89. The van der Waals surface area contributed by atoms with Crippen molar-refractivity contribution in [3.8, 4) is 0 Å². The van der Waals surface area contributed by atoms with Gasteiger partial charge in [0.1, 0.15) is 15.9 Å². The molecular formula is C8H7Cl3N2O2S2. The Hall–Kier alpha value is 0.150. The van der Waals surface area contributed by atoms with Crippen molar-refractivity contribution in [1.29, 1.82) is 0 Å². The Balaban J connectivity index is 2.57. The molecule has 0 fully saturated rings. The maximum Gasteiger partial charge on any atom is 0.244 e. The lowest BCUT2D eigenvalue weighted by atomic mass is 10.3. The Labute approximate surface area is 119 Å². The number of sulfonamides is 1. The summed E-state index contributed by atoms with van der Waals surface area (Å²) in [6.45, 7) is 0. The summed E-state index contributed by atoms with van der Waals surface area (Å²) in [4.78, 5) is -0.478. The predicted octanol–water partition coefficient (Wildman–Crippen LogP) is 2.46. The number of rotatable bonds is 1. The van der Waals surface area contributed by atoms with E-state index in [9.17, 15) is 8.42 Å². The molecule has 0 aromatic heterocycles. The number of alkyl halides is 2. The molecule has 1 unspecified atom stereocenters. The Morgan fingerprint density at radius 2 is 2.00 bits per heavy atom. The Bertz CT molecular complexity index is 562. The summed E-state index contributed by atoms with van der Waals surface area (Å²) in [5.41, 5.74) is 0.350. The summed E-state index contributed by atoms with van der Waals surface area (Å²) in [5, 5.41) is 3.19. The molecule has 0 amide bonds. The van der Waals surface area contributed by atoms with Crippen LogP contribution in [0.3, 0.4) is 0 Å². The number of hydrogen-bond acceptors (Lipinski definition) is 4. The number of benzene rings is 1. The van der Waals surface area contributed by atoms with Crippen LogP contribution in [-0.2, 0) is 10.0 Å². The minimum atomic E-state index is -3.66. The van der Waals surface area contributed by atoms with Gasteiger partial charge in [-0.2, -0.15) is 4.72 Å². The fourth-order valence-electron chi connectivity index (χ4n) is 1.42. The van der Waals surface area contributed by atoms with E-state index in [4.69, 9.17) is 34.8 Å². The van der Waals surface area contributed by atoms with E-state index in [1.54, 1.807) is 0 Å². The second kappa shape index (κ2) is 4.68. The minimum Gasteiger partial charge on any atom is -0.366 e. The van der Waals surface area contributed by atoms with E-state index >= 15 is 0 Å². The highest BCUT2D eigenvalue weighted by atomic mass is 35.5. The zero-order valence-corrected chi connectivity index (χ0v) is 12.1. The molecule has 1 heterocycles. The molecule has 94 valence electrons. The highest BCUT2D eigenvalue weighted by Crippen LogP contribution is 2.34. The van der Waals surface area contributed by atoms with Crippen molar-refractivity contribution in [3.63, 3.8) is 0 Å². The van der Waals surface area contributed by atoms with Gasteiger partial charge in [0.05, 0.1) is 10.7 Å². The third kappa shape index (κ3) is 2.62. The molecule has 9 heteroatoms.